The fourth-order valence-corrected chi connectivity index (χ4v) is 2.42. The standard InChI is InChI=1S/C14H22N2O2/c1-4-11-10-15-5-6-16(11)12-7-13(17-2)9-14(8-12)18-3/h7-9,11,15H,4-6,10H2,1-3H3. The summed E-state index contributed by atoms with van der Waals surface area (Å²) in [6, 6.07) is 6.61. The van der Waals surface area contributed by atoms with Crippen LogP contribution in [0.15, 0.2) is 18.2 Å². The molecule has 1 aromatic rings. The molecule has 1 aliphatic heterocycles. The van der Waals surface area contributed by atoms with Gasteiger partial charge in [-0.1, -0.05) is 6.92 Å². The lowest BCUT2D eigenvalue weighted by molar-refractivity contribution is 0.393. The van der Waals surface area contributed by atoms with Crippen LogP contribution in [0.4, 0.5) is 5.69 Å². The minimum absolute atomic E-state index is 0.538. The third-order valence-electron chi connectivity index (χ3n) is 3.49. The quantitative estimate of drug-likeness (QED) is 0.885. The van der Waals surface area contributed by atoms with E-state index in [0.29, 0.717) is 6.04 Å². The van der Waals surface area contributed by atoms with Gasteiger partial charge in [0.15, 0.2) is 0 Å². The third-order valence-corrected chi connectivity index (χ3v) is 3.49. The molecular formula is C14H22N2O2. The molecule has 0 radical (unpaired) electrons. The van der Waals surface area contributed by atoms with Gasteiger partial charge in [-0.2, -0.15) is 0 Å². The molecule has 1 aromatic carbocycles. The predicted molar refractivity (Wildman–Crippen MR) is 73.8 cm³/mol. The number of hydrogen-bond donors (Lipinski definition) is 1. The second kappa shape index (κ2) is 5.96. The van der Waals surface area contributed by atoms with Gasteiger partial charge in [-0.25, -0.2) is 0 Å². The largest absolute Gasteiger partial charge is 0.497 e. The maximum Gasteiger partial charge on any atom is 0.124 e. The summed E-state index contributed by atoms with van der Waals surface area (Å²) >= 11 is 0. The van der Waals surface area contributed by atoms with Crippen LogP contribution in [0, 0.1) is 0 Å². The van der Waals surface area contributed by atoms with Gasteiger partial charge in [0.05, 0.1) is 14.2 Å². The van der Waals surface area contributed by atoms with Crippen molar-refractivity contribution in [1.82, 2.24) is 5.32 Å². The van der Waals surface area contributed by atoms with Gasteiger partial charge in [0, 0.05) is 49.6 Å². The Morgan fingerprint density at radius 2 is 1.89 bits per heavy atom. The fraction of sp³-hybridized carbons (Fsp3) is 0.571. The van der Waals surface area contributed by atoms with E-state index in [4.69, 9.17) is 9.47 Å². The number of piperazine rings is 1. The molecule has 4 nitrogen and oxygen atoms in total. The van der Waals surface area contributed by atoms with E-state index >= 15 is 0 Å². The first kappa shape index (κ1) is 13.0. The molecular weight excluding hydrogens is 228 g/mol. The lowest BCUT2D eigenvalue weighted by Crippen LogP contribution is -2.51. The van der Waals surface area contributed by atoms with Gasteiger partial charge in [-0.05, 0) is 6.42 Å². The second-order valence-corrected chi connectivity index (χ2v) is 4.53. The number of nitrogens with zero attached hydrogens (tertiary/aromatic N) is 1. The Bertz CT molecular complexity index is 373. The van der Waals surface area contributed by atoms with Crippen molar-refractivity contribution in [3.8, 4) is 11.5 Å². The van der Waals surface area contributed by atoms with Gasteiger partial charge in [0.1, 0.15) is 11.5 Å². The van der Waals surface area contributed by atoms with Gasteiger partial charge in [0.2, 0.25) is 0 Å². The van der Waals surface area contributed by atoms with Gasteiger partial charge in [0.25, 0.3) is 0 Å². The first-order chi connectivity index (χ1) is 8.78. The van der Waals surface area contributed by atoms with Gasteiger partial charge in [-0.3, -0.25) is 0 Å². The molecule has 1 atom stereocenters. The number of hydrogen-bond acceptors (Lipinski definition) is 4. The minimum atomic E-state index is 0.538. The summed E-state index contributed by atoms with van der Waals surface area (Å²) in [6.07, 6.45) is 1.13. The summed E-state index contributed by atoms with van der Waals surface area (Å²) in [5, 5.41) is 3.44. The van der Waals surface area contributed by atoms with E-state index in [1.807, 2.05) is 6.07 Å². The van der Waals surface area contributed by atoms with Gasteiger partial charge >= 0.3 is 0 Å². The van der Waals surface area contributed by atoms with Crippen LogP contribution in [0.3, 0.4) is 0 Å². The topological polar surface area (TPSA) is 33.7 Å². The zero-order valence-corrected chi connectivity index (χ0v) is 11.4. The number of ether oxygens (including phenoxy) is 2. The molecule has 1 aliphatic rings. The van der Waals surface area contributed by atoms with Crippen molar-refractivity contribution < 1.29 is 9.47 Å². The van der Waals surface area contributed by atoms with E-state index in [1.54, 1.807) is 14.2 Å². The van der Waals surface area contributed by atoms with Crippen LogP contribution in [-0.2, 0) is 0 Å². The summed E-state index contributed by atoms with van der Waals surface area (Å²) < 4.78 is 10.7. The molecule has 0 saturated carbocycles. The zero-order chi connectivity index (χ0) is 13.0. The number of benzene rings is 1. The van der Waals surface area contributed by atoms with Crippen LogP contribution in [0.1, 0.15) is 13.3 Å². The molecule has 0 aliphatic carbocycles. The highest BCUT2D eigenvalue weighted by molar-refractivity contribution is 5.56. The third kappa shape index (κ3) is 2.70. The first-order valence-electron chi connectivity index (χ1n) is 6.49. The molecule has 0 bridgehead atoms. The molecule has 18 heavy (non-hydrogen) atoms. The Labute approximate surface area is 109 Å². The highest BCUT2D eigenvalue weighted by Gasteiger charge is 2.21. The van der Waals surface area contributed by atoms with Crippen LogP contribution in [-0.4, -0.2) is 39.9 Å². The van der Waals surface area contributed by atoms with Crippen molar-refractivity contribution in [2.75, 3.05) is 38.8 Å². The molecule has 4 heteroatoms. The van der Waals surface area contributed by atoms with Crippen LogP contribution in [0.5, 0.6) is 11.5 Å². The van der Waals surface area contributed by atoms with E-state index in [0.717, 1.165) is 37.6 Å². The summed E-state index contributed by atoms with van der Waals surface area (Å²) in [5.74, 6) is 1.69. The minimum Gasteiger partial charge on any atom is -0.497 e. The molecule has 1 saturated heterocycles. The summed E-state index contributed by atoms with van der Waals surface area (Å²) in [4.78, 5) is 2.43. The van der Waals surface area contributed by atoms with Gasteiger partial charge < -0.3 is 19.7 Å². The van der Waals surface area contributed by atoms with Gasteiger partial charge in [-0.15, -0.1) is 0 Å². The Morgan fingerprint density at radius 3 is 2.44 bits per heavy atom. The maximum absolute atomic E-state index is 5.33. The summed E-state index contributed by atoms with van der Waals surface area (Å²) in [5.41, 5.74) is 1.18. The maximum atomic E-state index is 5.33. The van der Waals surface area contributed by atoms with E-state index in [-0.39, 0.29) is 0 Å². The Balaban J connectivity index is 2.29. The molecule has 2 rings (SSSR count). The fourth-order valence-electron chi connectivity index (χ4n) is 2.42. The van der Waals surface area contributed by atoms with Crippen molar-refractivity contribution in [2.45, 2.75) is 19.4 Å². The highest BCUT2D eigenvalue weighted by Crippen LogP contribution is 2.30. The lowest BCUT2D eigenvalue weighted by Gasteiger charge is -2.37. The van der Waals surface area contributed by atoms with Crippen molar-refractivity contribution in [3.63, 3.8) is 0 Å². The average Bonchev–Trinajstić information content (AvgIpc) is 2.46. The van der Waals surface area contributed by atoms with Crippen LogP contribution in [0.25, 0.3) is 0 Å². The van der Waals surface area contributed by atoms with E-state index in [1.165, 1.54) is 5.69 Å². The van der Waals surface area contributed by atoms with Crippen molar-refractivity contribution >= 4 is 5.69 Å². The van der Waals surface area contributed by atoms with E-state index in [2.05, 4.69) is 29.3 Å². The molecule has 1 N–H and O–H groups in total. The molecule has 1 heterocycles. The first-order valence-corrected chi connectivity index (χ1v) is 6.49. The molecule has 0 aromatic heterocycles. The number of methoxy groups -OCH3 is 2. The summed E-state index contributed by atoms with van der Waals surface area (Å²) in [6.45, 7) is 5.31. The number of rotatable bonds is 4. The number of nitrogens with one attached hydrogen (secondary N) is 1. The second-order valence-electron chi connectivity index (χ2n) is 4.53. The average molecular weight is 250 g/mol. The molecule has 0 amide bonds. The molecule has 1 unspecified atom stereocenters. The van der Waals surface area contributed by atoms with Crippen molar-refractivity contribution in [1.29, 1.82) is 0 Å². The van der Waals surface area contributed by atoms with E-state index < -0.39 is 0 Å². The molecule has 1 fully saturated rings. The smallest absolute Gasteiger partial charge is 0.124 e. The van der Waals surface area contributed by atoms with Crippen LogP contribution < -0.4 is 19.7 Å². The highest BCUT2D eigenvalue weighted by atomic mass is 16.5. The Kier molecular flexibility index (Phi) is 4.31. The monoisotopic (exact) mass is 250 g/mol. The summed E-state index contributed by atoms with van der Waals surface area (Å²) in [7, 11) is 3.38. The van der Waals surface area contributed by atoms with Crippen molar-refractivity contribution in [3.05, 3.63) is 18.2 Å². The lowest BCUT2D eigenvalue weighted by atomic mass is 10.1. The Hall–Kier alpha value is -1.42. The SMILES string of the molecule is CCC1CNCCN1c1cc(OC)cc(OC)c1. The molecule has 0 spiro atoms. The van der Waals surface area contributed by atoms with Crippen LogP contribution in [0.2, 0.25) is 0 Å². The van der Waals surface area contributed by atoms with E-state index in [9.17, 15) is 0 Å². The number of anilines is 1. The Morgan fingerprint density at radius 1 is 1.22 bits per heavy atom. The van der Waals surface area contributed by atoms with Crippen molar-refractivity contribution in [2.24, 2.45) is 0 Å². The van der Waals surface area contributed by atoms with Crippen LogP contribution >= 0.6 is 0 Å². The molecule has 100 valence electrons. The normalized spacial score (nSPS) is 19.7. The zero-order valence-electron chi connectivity index (χ0n) is 11.4. The predicted octanol–water partition coefficient (Wildman–Crippen LogP) is 1.89.